The Kier molecular flexibility index (Phi) is 15.5. The highest BCUT2D eigenvalue weighted by Gasteiger charge is 2.16. The first-order valence-electron chi connectivity index (χ1n) is 10.6. The molecule has 0 saturated heterocycles. The summed E-state index contributed by atoms with van der Waals surface area (Å²) in [6, 6.07) is 8.33. The predicted molar refractivity (Wildman–Crippen MR) is 164 cm³/mol. The van der Waals surface area contributed by atoms with E-state index in [4.69, 9.17) is 0 Å². The molecule has 0 amide bonds. The average molecular weight is 852 g/mol. The second-order valence-electron chi connectivity index (χ2n) is 7.49. The zero-order valence-electron chi connectivity index (χ0n) is 21.4. The minimum Gasteiger partial charge on any atom is -0.726 e. The smallest absolute Gasteiger partial charge is 0.217 e. The fourth-order valence-electron chi connectivity index (χ4n) is 2.56. The third kappa shape index (κ3) is 13.5. The molecule has 2 aromatic heterocycles. The van der Waals surface area contributed by atoms with Crippen molar-refractivity contribution in [3.05, 3.63) is 89.2 Å². The fourth-order valence-corrected chi connectivity index (χ4v) is 5.27. The van der Waals surface area contributed by atoms with Crippen LogP contribution < -0.4 is 9.13 Å². The molecule has 218 valence electrons. The maximum absolute atomic E-state index is 9.22. The Morgan fingerprint density at radius 1 is 0.600 bits per heavy atom. The van der Waals surface area contributed by atoms with Gasteiger partial charge in [0.25, 0.3) is 0 Å². The van der Waals surface area contributed by atoms with Crippen molar-refractivity contribution < 1.29 is 43.4 Å². The lowest BCUT2D eigenvalue weighted by Gasteiger charge is -2.12. The first kappa shape index (κ1) is 36.7. The van der Waals surface area contributed by atoms with E-state index in [1.54, 1.807) is 0 Å². The molecule has 0 radical (unpaired) electrons. The zero-order valence-corrected chi connectivity index (χ0v) is 29.4. The van der Waals surface area contributed by atoms with Crippen molar-refractivity contribution in [2.45, 2.75) is 0 Å². The van der Waals surface area contributed by atoms with Gasteiger partial charge in [-0.1, -0.05) is 24.3 Å². The molecule has 0 saturated carbocycles. The van der Waals surface area contributed by atoms with E-state index in [0.29, 0.717) is 0 Å². The van der Waals surface area contributed by atoms with E-state index in [-0.39, 0.29) is 0 Å². The molecular formula is C24H24Br4N2O8S2. The predicted octanol–water partition coefficient (Wildman–Crippen LogP) is 4.91. The molecule has 3 rings (SSSR count). The summed E-state index contributed by atoms with van der Waals surface area (Å²) in [7, 11) is -3.19. The number of aromatic nitrogens is 2. The molecule has 0 fully saturated rings. The van der Waals surface area contributed by atoms with Gasteiger partial charge < -0.3 is 9.11 Å². The summed E-state index contributed by atoms with van der Waals surface area (Å²) in [5.74, 6) is 0. The van der Waals surface area contributed by atoms with Gasteiger partial charge in [0.15, 0.2) is 24.8 Å². The number of hydrogen-bond acceptors (Lipinski definition) is 8. The lowest BCUT2D eigenvalue weighted by molar-refractivity contribution is -0.671. The van der Waals surface area contributed by atoms with Gasteiger partial charge in [-0.25, -0.2) is 26.0 Å². The highest BCUT2D eigenvalue weighted by atomic mass is 79.9. The van der Waals surface area contributed by atoms with Crippen LogP contribution >= 0.6 is 63.7 Å². The first-order valence-corrected chi connectivity index (χ1v) is 16.5. The third-order valence-electron chi connectivity index (χ3n) is 4.63. The number of pyridine rings is 2. The van der Waals surface area contributed by atoms with Crippen LogP contribution in [0.2, 0.25) is 0 Å². The van der Waals surface area contributed by atoms with Gasteiger partial charge in [-0.2, -0.15) is 0 Å². The first-order chi connectivity index (χ1) is 18.5. The summed E-state index contributed by atoms with van der Waals surface area (Å²) < 4.78 is 70.1. The number of halogens is 4. The Morgan fingerprint density at radius 3 is 1.02 bits per heavy atom. The number of rotatable bonds is 6. The normalized spacial score (nSPS) is 11.7. The van der Waals surface area contributed by atoms with Gasteiger partial charge in [0, 0.05) is 53.3 Å². The largest absolute Gasteiger partial charge is 0.726 e. The minimum atomic E-state index is -4.41. The summed E-state index contributed by atoms with van der Waals surface area (Å²) >= 11 is 15.0. The number of hydrogen-bond donors (Lipinski definition) is 0. The van der Waals surface area contributed by atoms with Crippen LogP contribution in [0.15, 0.2) is 66.9 Å². The van der Waals surface area contributed by atoms with Crippen LogP contribution in [0.25, 0.3) is 24.3 Å². The van der Waals surface area contributed by atoms with Crippen LogP contribution in [0.1, 0.15) is 22.3 Å². The molecule has 3 aromatic rings. The molecule has 0 N–H and O–H groups in total. The lowest BCUT2D eigenvalue weighted by Crippen LogP contribution is -2.25. The molecule has 1 aromatic carbocycles. The van der Waals surface area contributed by atoms with Crippen LogP contribution in [-0.4, -0.2) is 40.2 Å². The van der Waals surface area contributed by atoms with Crippen molar-refractivity contribution in [1.29, 1.82) is 0 Å². The van der Waals surface area contributed by atoms with Gasteiger partial charge in [-0.3, -0.25) is 8.37 Å². The number of benzene rings is 1. The van der Waals surface area contributed by atoms with Crippen molar-refractivity contribution in [2.24, 2.45) is 14.1 Å². The maximum Gasteiger partial charge on any atom is 0.217 e. The molecule has 0 spiro atoms. The molecule has 0 aliphatic heterocycles. The van der Waals surface area contributed by atoms with Gasteiger partial charge in [0.1, 0.15) is 14.1 Å². The van der Waals surface area contributed by atoms with Crippen molar-refractivity contribution in [2.75, 3.05) is 14.2 Å². The van der Waals surface area contributed by atoms with Gasteiger partial charge in [0.2, 0.25) is 20.8 Å². The van der Waals surface area contributed by atoms with E-state index >= 15 is 0 Å². The van der Waals surface area contributed by atoms with Crippen LogP contribution in [-0.2, 0) is 43.3 Å². The molecule has 0 bridgehead atoms. The van der Waals surface area contributed by atoms with Crippen molar-refractivity contribution in [3.8, 4) is 0 Å². The molecule has 2 heterocycles. The van der Waals surface area contributed by atoms with Gasteiger partial charge in [-0.05, 0) is 74.8 Å². The van der Waals surface area contributed by atoms with E-state index in [2.05, 4.69) is 121 Å². The standard InChI is InChI=1S/C22H18Br4N2.2CH4O4S/c1-27-11-7-15(8-12-27)3-5-17-19(23)21(25)18(22(26)20(17)24)6-4-16-9-13-28(2)14-10-16;2*1-5-6(2,3)4/h3-14H,1-2H3;2*1H3,(H,2,3,4)/q+2;;/p-2/b5-3+,6-4+;;. The Hall–Kier alpha value is -1.34. The number of aryl methyl sites for hydroxylation is 2. The van der Waals surface area contributed by atoms with E-state index in [1.165, 1.54) is 0 Å². The van der Waals surface area contributed by atoms with Crippen LogP contribution in [0.3, 0.4) is 0 Å². The molecule has 40 heavy (non-hydrogen) atoms. The summed E-state index contributed by atoms with van der Waals surface area (Å²) in [5, 5.41) is 0. The summed E-state index contributed by atoms with van der Waals surface area (Å²) in [6.07, 6.45) is 16.5. The second-order valence-corrected chi connectivity index (χ2v) is 13.0. The van der Waals surface area contributed by atoms with Crippen molar-refractivity contribution >= 4 is 109 Å². The Bertz CT molecular complexity index is 1410. The van der Waals surface area contributed by atoms with Crippen LogP contribution in [0, 0.1) is 0 Å². The fraction of sp³-hybridized carbons (Fsp3) is 0.167. The number of nitrogens with zero attached hydrogens (tertiary/aromatic N) is 2. The Balaban J connectivity index is 0.000000559. The second kappa shape index (κ2) is 16.9. The monoisotopic (exact) mass is 848 g/mol. The Labute approximate surface area is 267 Å². The van der Waals surface area contributed by atoms with E-state index in [0.717, 1.165) is 54.4 Å². The quantitative estimate of drug-likeness (QED) is 0.148. The van der Waals surface area contributed by atoms with Gasteiger partial charge >= 0.3 is 0 Å². The zero-order chi connectivity index (χ0) is 30.7. The van der Waals surface area contributed by atoms with E-state index in [1.807, 2.05) is 48.0 Å². The van der Waals surface area contributed by atoms with Crippen molar-refractivity contribution in [1.82, 2.24) is 0 Å². The highest BCUT2D eigenvalue weighted by Crippen LogP contribution is 2.43. The highest BCUT2D eigenvalue weighted by molar-refractivity contribution is 9.14. The van der Waals surface area contributed by atoms with Gasteiger partial charge in [0.05, 0.1) is 14.2 Å². The van der Waals surface area contributed by atoms with Crippen molar-refractivity contribution in [3.63, 3.8) is 0 Å². The molecule has 0 unspecified atom stereocenters. The van der Waals surface area contributed by atoms with Gasteiger partial charge in [-0.15, -0.1) is 0 Å². The molecular weight excluding hydrogens is 828 g/mol. The van der Waals surface area contributed by atoms with E-state index < -0.39 is 20.8 Å². The summed E-state index contributed by atoms with van der Waals surface area (Å²) in [6.45, 7) is 0. The average Bonchev–Trinajstić information content (AvgIpc) is 2.89. The topological polar surface area (TPSA) is 141 Å². The SMILES string of the molecule is COS(=O)(=O)[O-].COS(=O)(=O)[O-].C[n+]1ccc(/C=C/c2c(Br)c(Br)c(/C=C/c3cc[n+](C)cc3)c(Br)c2Br)cc1. The van der Waals surface area contributed by atoms with Crippen LogP contribution in [0.4, 0.5) is 0 Å². The van der Waals surface area contributed by atoms with Crippen LogP contribution in [0.5, 0.6) is 0 Å². The van der Waals surface area contributed by atoms with E-state index in [9.17, 15) is 25.9 Å². The minimum absolute atomic E-state index is 0.808. The molecule has 16 heteroatoms. The Morgan fingerprint density at radius 2 is 0.825 bits per heavy atom. The maximum atomic E-state index is 9.22. The summed E-state index contributed by atoms with van der Waals surface area (Å²) in [4.78, 5) is 0. The lowest BCUT2D eigenvalue weighted by atomic mass is 10.1. The molecule has 10 nitrogen and oxygen atoms in total. The molecule has 0 aliphatic carbocycles. The molecule has 0 atom stereocenters. The summed E-state index contributed by atoms with van der Waals surface area (Å²) in [5.41, 5.74) is 4.42. The molecule has 0 aliphatic rings. The third-order valence-corrected chi connectivity index (χ3v) is 9.81.